The Morgan fingerprint density at radius 1 is 0.875 bits per heavy atom. The topological polar surface area (TPSA) is 52.6 Å². The van der Waals surface area contributed by atoms with Gasteiger partial charge in [-0.15, -0.1) is 0 Å². The molecule has 0 aliphatic carbocycles. The Balaban J connectivity index is 2.48. The molecule has 134 valence electrons. The lowest BCUT2D eigenvalue weighted by atomic mass is 10.1. The lowest BCUT2D eigenvalue weighted by molar-refractivity contribution is 0.0427. The number of rotatable bonds is 11. The summed E-state index contributed by atoms with van der Waals surface area (Å²) in [6.45, 7) is 6.84. The summed E-state index contributed by atoms with van der Waals surface area (Å²) in [5, 5.41) is 0. The predicted molar refractivity (Wildman–Crippen MR) is 95.2 cm³/mol. The van der Waals surface area contributed by atoms with E-state index in [2.05, 4.69) is 6.92 Å². The van der Waals surface area contributed by atoms with Crippen molar-refractivity contribution in [1.82, 2.24) is 0 Å². The average Bonchev–Trinajstić information content (AvgIpc) is 2.58. The number of ether oxygens (including phenoxy) is 2. The van der Waals surface area contributed by atoms with Crippen molar-refractivity contribution >= 4 is 11.9 Å². The van der Waals surface area contributed by atoms with Gasteiger partial charge in [-0.05, 0) is 24.5 Å². The molecule has 0 unspecified atom stereocenters. The van der Waals surface area contributed by atoms with E-state index < -0.39 is 11.9 Å². The van der Waals surface area contributed by atoms with Crippen LogP contribution in [0.3, 0.4) is 0 Å². The minimum absolute atomic E-state index is 0.251. The first kappa shape index (κ1) is 20.2. The third kappa shape index (κ3) is 7.62. The summed E-state index contributed by atoms with van der Waals surface area (Å²) in [5.41, 5.74) is 0.545. The Labute approximate surface area is 145 Å². The van der Waals surface area contributed by atoms with Gasteiger partial charge in [0.25, 0.3) is 0 Å². The zero-order valence-corrected chi connectivity index (χ0v) is 15.2. The fourth-order valence-corrected chi connectivity index (χ4v) is 2.28. The molecule has 1 aromatic rings. The Morgan fingerprint density at radius 2 is 1.42 bits per heavy atom. The van der Waals surface area contributed by atoms with Crippen molar-refractivity contribution in [3.05, 3.63) is 35.4 Å². The molecule has 1 rings (SSSR count). The molecule has 0 spiro atoms. The van der Waals surface area contributed by atoms with Crippen molar-refractivity contribution in [1.29, 1.82) is 0 Å². The number of carbonyl (C=O) groups excluding carboxylic acids is 2. The van der Waals surface area contributed by atoms with Crippen molar-refractivity contribution in [2.75, 3.05) is 13.2 Å². The zero-order valence-electron chi connectivity index (χ0n) is 15.2. The molecule has 0 radical (unpaired) electrons. The second kappa shape index (κ2) is 11.7. The third-order valence-corrected chi connectivity index (χ3v) is 3.65. The Bertz CT molecular complexity index is 508. The molecular formula is C20H30O4. The molecule has 0 saturated carbocycles. The van der Waals surface area contributed by atoms with Gasteiger partial charge in [0.05, 0.1) is 24.3 Å². The largest absolute Gasteiger partial charge is 0.462 e. The van der Waals surface area contributed by atoms with Crippen molar-refractivity contribution in [3.8, 4) is 0 Å². The summed E-state index contributed by atoms with van der Waals surface area (Å²) in [4.78, 5) is 24.3. The standard InChI is InChI=1S/C20H30O4/c1-4-5-6-7-8-11-14-23-19(21)17-12-9-10-13-18(17)20(22)24-15-16(2)3/h9-10,12-13,16H,4-8,11,14-15H2,1-3H3. The number of hydrogen-bond acceptors (Lipinski definition) is 4. The molecule has 0 N–H and O–H groups in total. The highest BCUT2D eigenvalue weighted by molar-refractivity contribution is 6.03. The van der Waals surface area contributed by atoms with E-state index in [1.165, 1.54) is 25.7 Å². The van der Waals surface area contributed by atoms with Gasteiger partial charge in [-0.1, -0.05) is 65.0 Å². The van der Waals surface area contributed by atoms with Gasteiger partial charge in [0.1, 0.15) is 0 Å². The van der Waals surface area contributed by atoms with Crippen LogP contribution in [0, 0.1) is 5.92 Å². The van der Waals surface area contributed by atoms with E-state index >= 15 is 0 Å². The molecule has 4 nitrogen and oxygen atoms in total. The quantitative estimate of drug-likeness (QED) is 0.421. The first-order valence-electron chi connectivity index (χ1n) is 8.99. The first-order chi connectivity index (χ1) is 11.6. The van der Waals surface area contributed by atoms with Crippen LogP contribution in [0.2, 0.25) is 0 Å². The summed E-state index contributed by atoms with van der Waals surface area (Å²) in [5.74, 6) is -0.683. The van der Waals surface area contributed by atoms with Crippen LogP contribution < -0.4 is 0 Å². The van der Waals surface area contributed by atoms with E-state index in [1.807, 2.05) is 13.8 Å². The van der Waals surface area contributed by atoms with Crippen LogP contribution in [0.4, 0.5) is 0 Å². The molecule has 24 heavy (non-hydrogen) atoms. The van der Waals surface area contributed by atoms with Gasteiger partial charge >= 0.3 is 11.9 Å². The van der Waals surface area contributed by atoms with Gasteiger partial charge in [0.2, 0.25) is 0 Å². The van der Waals surface area contributed by atoms with Crippen molar-refractivity contribution in [2.24, 2.45) is 5.92 Å². The van der Waals surface area contributed by atoms with Crippen molar-refractivity contribution in [3.63, 3.8) is 0 Å². The Morgan fingerprint density at radius 3 is 2.00 bits per heavy atom. The molecule has 0 amide bonds. The minimum atomic E-state index is -0.476. The van der Waals surface area contributed by atoms with E-state index in [0.29, 0.717) is 13.2 Å². The van der Waals surface area contributed by atoms with Gasteiger partial charge in [0, 0.05) is 0 Å². The lowest BCUT2D eigenvalue weighted by Gasteiger charge is -2.11. The summed E-state index contributed by atoms with van der Waals surface area (Å²) in [6.07, 6.45) is 6.80. The molecule has 0 aliphatic heterocycles. The van der Waals surface area contributed by atoms with Crippen molar-refractivity contribution in [2.45, 2.75) is 59.3 Å². The fourth-order valence-electron chi connectivity index (χ4n) is 2.28. The van der Waals surface area contributed by atoms with Crippen LogP contribution in [0.5, 0.6) is 0 Å². The summed E-state index contributed by atoms with van der Waals surface area (Å²) < 4.78 is 10.5. The summed E-state index contributed by atoms with van der Waals surface area (Å²) in [6, 6.07) is 6.65. The molecule has 0 bridgehead atoms. The third-order valence-electron chi connectivity index (χ3n) is 3.65. The molecule has 0 atom stereocenters. The molecule has 4 heteroatoms. The number of unbranched alkanes of at least 4 members (excludes halogenated alkanes) is 5. The molecular weight excluding hydrogens is 304 g/mol. The maximum atomic E-state index is 12.2. The summed E-state index contributed by atoms with van der Waals surface area (Å²) in [7, 11) is 0. The van der Waals surface area contributed by atoms with E-state index in [-0.39, 0.29) is 17.0 Å². The maximum Gasteiger partial charge on any atom is 0.339 e. The second-order valence-electron chi connectivity index (χ2n) is 6.44. The van der Waals surface area contributed by atoms with Crippen LogP contribution in [0.1, 0.15) is 80.0 Å². The fraction of sp³-hybridized carbons (Fsp3) is 0.600. The zero-order chi connectivity index (χ0) is 17.8. The maximum absolute atomic E-state index is 12.2. The Hall–Kier alpha value is -1.84. The van der Waals surface area contributed by atoms with Crippen molar-refractivity contribution < 1.29 is 19.1 Å². The Kier molecular flexibility index (Phi) is 9.81. The van der Waals surface area contributed by atoms with Crippen LogP contribution in [0.25, 0.3) is 0 Å². The molecule has 0 heterocycles. The highest BCUT2D eigenvalue weighted by Gasteiger charge is 2.19. The molecule has 0 aromatic heterocycles. The highest BCUT2D eigenvalue weighted by atomic mass is 16.5. The smallest absolute Gasteiger partial charge is 0.339 e. The molecule has 0 aliphatic rings. The van der Waals surface area contributed by atoms with Gasteiger partial charge < -0.3 is 9.47 Å². The SMILES string of the molecule is CCCCCCCCOC(=O)c1ccccc1C(=O)OCC(C)C. The van der Waals surface area contributed by atoms with Crippen LogP contribution in [-0.4, -0.2) is 25.2 Å². The minimum Gasteiger partial charge on any atom is -0.462 e. The molecule has 1 aromatic carbocycles. The summed E-state index contributed by atoms with van der Waals surface area (Å²) >= 11 is 0. The monoisotopic (exact) mass is 334 g/mol. The number of benzene rings is 1. The lowest BCUT2D eigenvalue weighted by Crippen LogP contribution is -2.16. The average molecular weight is 334 g/mol. The molecule has 0 fully saturated rings. The van der Waals surface area contributed by atoms with E-state index in [1.54, 1.807) is 24.3 Å². The second-order valence-corrected chi connectivity index (χ2v) is 6.44. The van der Waals surface area contributed by atoms with E-state index in [9.17, 15) is 9.59 Å². The number of carbonyl (C=O) groups is 2. The highest BCUT2D eigenvalue weighted by Crippen LogP contribution is 2.13. The van der Waals surface area contributed by atoms with Gasteiger partial charge in [-0.2, -0.15) is 0 Å². The van der Waals surface area contributed by atoms with Crippen LogP contribution in [-0.2, 0) is 9.47 Å². The number of hydrogen-bond donors (Lipinski definition) is 0. The molecule has 0 saturated heterocycles. The normalized spacial score (nSPS) is 10.7. The van der Waals surface area contributed by atoms with Gasteiger partial charge in [-0.3, -0.25) is 0 Å². The van der Waals surface area contributed by atoms with Crippen LogP contribution >= 0.6 is 0 Å². The van der Waals surface area contributed by atoms with E-state index in [0.717, 1.165) is 12.8 Å². The van der Waals surface area contributed by atoms with Crippen LogP contribution in [0.15, 0.2) is 24.3 Å². The van der Waals surface area contributed by atoms with Gasteiger partial charge in [0.15, 0.2) is 0 Å². The van der Waals surface area contributed by atoms with Gasteiger partial charge in [-0.25, -0.2) is 9.59 Å². The first-order valence-corrected chi connectivity index (χ1v) is 8.99. The van der Waals surface area contributed by atoms with E-state index in [4.69, 9.17) is 9.47 Å². The predicted octanol–water partition coefficient (Wildman–Crippen LogP) is 5.02. The number of esters is 2.